The van der Waals surface area contributed by atoms with E-state index in [0.717, 1.165) is 32.1 Å². The quantitative estimate of drug-likeness (QED) is 0.172. The molecule has 0 amide bonds. The van der Waals surface area contributed by atoms with Crippen LogP contribution in [0, 0.1) is 0 Å². The highest BCUT2D eigenvalue weighted by Gasteiger charge is 2.43. The number of ether oxygens (including phenoxy) is 3. The summed E-state index contributed by atoms with van der Waals surface area (Å²) in [5, 5.41) is 47.1. The summed E-state index contributed by atoms with van der Waals surface area (Å²) in [6.07, 6.45) is 0.893. The van der Waals surface area contributed by atoms with Gasteiger partial charge in [0.2, 0.25) is 11.5 Å². The van der Waals surface area contributed by atoms with Crippen LogP contribution in [0.4, 0.5) is 0 Å². The molecule has 0 saturated carbocycles. The van der Waals surface area contributed by atoms with Gasteiger partial charge in [-0.15, -0.1) is 0 Å². The molecule has 0 aromatic carbocycles. The minimum atomic E-state index is -1.87. The fraction of sp³-hybridized carbons (Fsp3) is 0.789. The van der Waals surface area contributed by atoms with Crippen LogP contribution in [0.2, 0.25) is 0 Å². The Morgan fingerprint density at radius 1 is 1.07 bits per heavy atom. The second-order valence-corrected chi connectivity index (χ2v) is 6.91. The van der Waals surface area contributed by atoms with Gasteiger partial charge in [0.15, 0.2) is 12.2 Å². The van der Waals surface area contributed by atoms with Gasteiger partial charge in [0.1, 0.15) is 12.7 Å². The Labute approximate surface area is 169 Å². The van der Waals surface area contributed by atoms with Crippen LogP contribution in [-0.2, 0) is 23.8 Å². The van der Waals surface area contributed by atoms with Crippen molar-refractivity contribution in [2.45, 2.75) is 76.3 Å². The molecular formula is C19H32O10. The van der Waals surface area contributed by atoms with E-state index >= 15 is 0 Å². The number of cyclic esters (lactones) is 1. The van der Waals surface area contributed by atoms with E-state index in [9.17, 15) is 24.9 Å². The van der Waals surface area contributed by atoms with Crippen molar-refractivity contribution in [2.75, 3.05) is 19.8 Å². The average molecular weight is 420 g/mol. The number of hydrogen-bond donors (Lipinski definition) is 5. The van der Waals surface area contributed by atoms with E-state index in [1.807, 2.05) is 0 Å². The third kappa shape index (κ3) is 8.27. The monoisotopic (exact) mass is 420 g/mol. The van der Waals surface area contributed by atoms with Crippen LogP contribution in [0.5, 0.6) is 0 Å². The highest BCUT2D eigenvalue weighted by atomic mass is 16.6. The van der Waals surface area contributed by atoms with E-state index in [4.69, 9.17) is 24.4 Å². The third-order valence-corrected chi connectivity index (χ3v) is 4.40. The van der Waals surface area contributed by atoms with Crippen molar-refractivity contribution in [3.63, 3.8) is 0 Å². The number of unbranched alkanes of at least 4 members (excludes halogenated alkanes) is 5. The molecule has 1 aliphatic rings. The SMILES string of the molecule is CCCCCCCCC(O)COC1=C(OC(=O)C(O)CO)[C@@H]([C@@H](O)CO)OC1=O. The molecule has 1 heterocycles. The number of aliphatic hydroxyl groups is 5. The molecule has 0 saturated heterocycles. The number of carbonyl (C=O) groups is 2. The van der Waals surface area contributed by atoms with Crippen molar-refractivity contribution in [3.05, 3.63) is 11.5 Å². The molecule has 2 unspecified atom stereocenters. The van der Waals surface area contributed by atoms with Gasteiger partial charge in [0, 0.05) is 0 Å². The van der Waals surface area contributed by atoms with E-state index in [0.29, 0.717) is 6.42 Å². The maximum absolute atomic E-state index is 12.0. The second-order valence-electron chi connectivity index (χ2n) is 6.91. The van der Waals surface area contributed by atoms with E-state index in [2.05, 4.69) is 6.92 Å². The molecule has 0 aromatic rings. The third-order valence-electron chi connectivity index (χ3n) is 4.40. The Morgan fingerprint density at radius 3 is 2.34 bits per heavy atom. The van der Waals surface area contributed by atoms with Crippen LogP contribution >= 0.6 is 0 Å². The molecule has 4 atom stereocenters. The molecule has 29 heavy (non-hydrogen) atoms. The normalized spacial score (nSPS) is 19.7. The molecule has 1 aliphatic heterocycles. The molecule has 1 rings (SSSR count). The predicted molar refractivity (Wildman–Crippen MR) is 99.1 cm³/mol. The van der Waals surface area contributed by atoms with Gasteiger partial charge >= 0.3 is 11.9 Å². The van der Waals surface area contributed by atoms with Crippen LogP contribution in [0.3, 0.4) is 0 Å². The van der Waals surface area contributed by atoms with Gasteiger partial charge in [-0.1, -0.05) is 45.4 Å². The molecule has 0 radical (unpaired) electrons. The molecular weight excluding hydrogens is 388 g/mol. The number of rotatable bonds is 15. The molecule has 0 aromatic heterocycles. The van der Waals surface area contributed by atoms with Gasteiger partial charge in [0.25, 0.3) is 0 Å². The molecule has 0 aliphatic carbocycles. The van der Waals surface area contributed by atoms with Crippen molar-refractivity contribution >= 4 is 11.9 Å². The zero-order chi connectivity index (χ0) is 21.8. The standard InChI is InChI=1S/C19H32O10/c1-2-3-4-5-6-7-8-12(22)11-27-17-16(29-18(25)14(24)10-21)15(13(23)9-20)28-19(17)26/h12-15,20-24H,2-11H2,1H3/t12?,13-,14?,15+/m0/s1. The Kier molecular flexibility index (Phi) is 11.8. The summed E-state index contributed by atoms with van der Waals surface area (Å²) in [6.45, 7) is 0.145. The molecule has 0 fully saturated rings. The first-order chi connectivity index (χ1) is 13.8. The minimum Gasteiger partial charge on any atom is -0.481 e. The van der Waals surface area contributed by atoms with Gasteiger partial charge in [-0.05, 0) is 6.42 Å². The van der Waals surface area contributed by atoms with E-state index in [1.54, 1.807) is 0 Å². The maximum atomic E-state index is 12.0. The Morgan fingerprint density at radius 2 is 1.72 bits per heavy atom. The summed E-state index contributed by atoms with van der Waals surface area (Å²) in [7, 11) is 0. The first kappa shape index (κ1) is 25.3. The topological polar surface area (TPSA) is 163 Å². The minimum absolute atomic E-state index is 0.273. The van der Waals surface area contributed by atoms with Crippen LogP contribution < -0.4 is 0 Å². The zero-order valence-corrected chi connectivity index (χ0v) is 16.7. The van der Waals surface area contributed by atoms with E-state index < -0.39 is 61.1 Å². The van der Waals surface area contributed by atoms with Crippen molar-refractivity contribution in [1.29, 1.82) is 0 Å². The first-order valence-electron chi connectivity index (χ1n) is 9.91. The lowest BCUT2D eigenvalue weighted by Gasteiger charge is -2.18. The molecule has 10 heteroatoms. The van der Waals surface area contributed by atoms with Crippen molar-refractivity contribution < 1.29 is 49.3 Å². The van der Waals surface area contributed by atoms with Crippen LogP contribution in [0.25, 0.3) is 0 Å². The summed E-state index contributed by atoms with van der Waals surface area (Å²) in [5.74, 6) is -3.40. The van der Waals surface area contributed by atoms with Gasteiger partial charge in [-0.25, -0.2) is 9.59 Å². The van der Waals surface area contributed by atoms with Gasteiger partial charge in [-0.2, -0.15) is 0 Å². The molecule has 0 spiro atoms. The van der Waals surface area contributed by atoms with E-state index in [1.165, 1.54) is 6.42 Å². The van der Waals surface area contributed by atoms with Gasteiger partial charge in [-0.3, -0.25) is 0 Å². The molecule has 0 bridgehead atoms. The highest BCUT2D eigenvalue weighted by molar-refractivity contribution is 5.90. The fourth-order valence-corrected chi connectivity index (χ4v) is 2.71. The summed E-state index contributed by atoms with van der Waals surface area (Å²) in [4.78, 5) is 23.8. The summed E-state index contributed by atoms with van der Waals surface area (Å²) in [5.41, 5.74) is 0. The van der Waals surface area contributed by atoms with Crippen LogP contribution in [0.1, 0.15) is 51.9 Å². The lowest BCUT2D eigenvalue weighted by Crippen LogP contribution is -2.35. The molecule has 5 N–H and O–H groups in total. The molecule has 10 nitrogen and oxygen atoms in total. The van der Waals surface area contributed by atoms with Gasteiger partial charge in [0.05, 0.1) is 19.3 Å². The van der Waals surface area contributed by atoms with Gasteiger partial charge < -0.3 is 39.7 Å². The van der Waals surface area contributed by atoms with Crippen molar-refractivity contribution in [1.82, 2.24) is 0 Å². The Bertz CT molecular complexity index is 547. The lowest BCUT2D eigenvalue weighted by molar-refractivity contribution is -0.157. The molecule has 168 valence electrons. The number of hydrogen-bond acceptors (Lipinski definition) is 10. The largest absolute Gasteiger partial charge is 0.481 e. The Balaban J connectivity index is 2.69. The number of aliphatic hydroxyl groups excluding tert-OH is 5. The number of esters is 2. The van der Waals surface area contributed by atoms with Crippen molar-refractivity contribution in [2.24, 2.45) is 0 Å². The van der Waals surface area contributed by atoms with E-state index in [-0.39, 0.29) is 6.61 Å². The lowest BCUT2D eigenvalue weighted by atomic mass is 10.1. The summed E-state index contributed by atoms with van der Waals surface area (Å²) >= 11 is 0. The zero-order valence-electron chi connectivity index (χ0n) is 16.7. The average Bonchev–Trinajstić information content (AvgIpc) is 3.02. The summed E-state index contributed by atoms with van der Waals surface area (Å²) < 4.78 is 15.0. The highest BCUT2D eigenvalue weighted by Crippen LogP contribution is 2.28. The van der Waals surface area contributed by atoms with Crippen LogP contribution in [0.15, 0.2) is 11.5 Å². The smallest absolute Gasteiger partial charge is 0.378 e. The second kappa shape index (κ2) is 13.5. The predicted octanol–water partition coefficient (Wildman–Crippen LogP) is -0.499. The number of carbonyl (C=O) groups excluding carboxylic acids is 2. The Hall–Kier alpha value is -1.72. The maximum Gasteiger partial charge on any atom is 0.378 e. The summed E-state index contributed by atoms with van der Waals surface area (Å²) in [6, 6.07) is 0. The first-order valence-corrected chi connectivity index (χ1v) is 9.91. The fourth-order valence-electron chi connectivity index (χ4n) is 2.71. The van der Waals surface area contributed by atoms with Crippen molar-refractivity contribution in [3.8, 4) is 0 Å². The van der Waals surface area contributed by atoms with Crippen LogP contribution in [-0.4, -0.2) is 81.7 Å².